The first-order chi connectivity index (χ1) is 12.7. The van der Waals surface area contributed by atoms with Gasteiger partial charge in [0, 0.05) is 18.3 Å². The van der Waals surface area contributed by atoms with Crippen molar-refractivity contribution in [1.29, 1.82) is 5.26 Å². The summed E-state index contributed by atoms with van der Waals surface area (Å²) in [6.45, 7) is 0. The van der Waals surface area contributed by atoms with Crippen LogP contribution in [0.5, 0.6) is 11.6 Å². The number of aromatic nitrogens is 1. The van der Waals surface area contributed by atoms with Gasteiger partial charge in [-0.15, -0.1) is 0 Å². The molecule has 0 N–H and O–H groups in total. The number of pyridine rings is 1. The highest BCUT2D eigenvalue weighted by Crippen LogP contribution is 2.25. The van der Waals surface area contributed by atoms with E-state index in [2.05, 4.69) is 4.98 Å². The Bertz CT molecular complexity index is 1170. The fraction of sp³-hybridized carbons (Fsp3) is 0. The van der Waals surface area contributed by atoms with Gasteiger partial charge >= 0.3 is 0 Å². The van der Waals surface area contributed by atoms with Crippen LogP contribution in [0.2, 0.25) is 0 Å². The Kier molecular flexibility index (Phi) is 3.92. The fourth-order valence-corrected chi connectivity index (χ4v) is 2.62. The summed E-state index contributed by atoms with van der Waals surface area (Å²) in [5.74, 6) is 0.844. The first kappa shape index (κ1) is 15.6. The molecule has 0 amide bonds. The van der Waals surface area contributed by atoms with Crippen molar-refractivity contribution in [1.82, 2.24) is 4.98 Å². The van der Waals surface area contributed by atoms with Crippen molar-refractivity contribution >= 4 is 11.0 Å². The van der Waals surface area contributed by atoms with Gasteiger partial charge in [-0.3, -0.25) is 4.79 Å². The molecule has 0 aliphatic carbocycles. The maximum atomic E-state index is 12.7. The highest BCUT2D eigenvalue weighted by molar-refractivity contribution is 5.82. The number of nitriles is 1. The molecule has 0 fully saturated rings. The Labute approximate surface area is 148 Å². The van der Waals surface area contributed by atoms with Crippen molar-refractivity contribution in [3.8, 4) is 28.8 Å². The molecule has 5 heteroatoms. The first-order valence-electron chi connectivity index (χ1n) is 7.89. The van der Waals surface area contributed by atoms with E-state index in [4.69, 9.17) is 14.4 Å². The molecule has 26 heavy (non-hydrogen) atoms. The van der Waals surface area contributed by atoms with Crippen LogP contribution in [0.25, 0.3) is 22.1 Å². The van der Waals surface area contributed by atoms with Gasteiger partial charge < -0.3 is 9.15 Å². The van der Waals surface area contributed by atoms with E-state index in [0.29, 0.717) is 33.7 Å². The van der Waals surface area contributed by atoms with Crippen molar-refractivity contribution < 1.29 is 9.15 Å². The standard InChI is InChI=1S/C21H12N2O3/c22-11-14-6-9-20(23-12-14)26-16-7-8-17-19(10-16)25-13-18(21(17)24)15-4-2-1-3-5-15/h1-10,12-13H. The molecule has 2 aromatic carbocycles. The van der Waals surface area contributed by atoms with Crippen LogP contribution in [0.15, 0.2) is 82.3 Å². The summed E-state index contributed by atoms with van der Waals surface area (Å²) in [6.07, 6.45) is 2.90. The summed E-state index contributed by atoms with van der Waals surface area (Å²) in [5, 5.41) is 9.27. The van der Waals surface area contributed by atoms with Crippen LogP contribution in [0.4, 0.5) is 0 Å². The number of hydrogen-bond acceptors (Lipinski definition) is 5. The molecule has 0 saturated carbocycles. The molecule has 2 aromatic heterocycles. The lowest BCUT2D eigenvalue weighted by molar-refractivity contribution is 0.462. The van der Waals surface area contributed by atoms with E-state index in [-0.39, 0.29) is 5.43 Å². The molecule has 0 bridgehead atoms. The third-order valence-corrected chi connectivity index (χ3v) is 3.92. The Morgan fingerprint density at radius 3 is 2.62 bits per heavy atom. The van der Waals surface area contributed by atoms with Gasteiger partial charge in [-0.05, 0) is 23.8 Å². The smallest absolute Gasteiger partial charge is 0.219 e. The summed E-state index contributed by atoms with van der Waals surface area (Å²) in [5.41, 5.74) is 2.11. The predicted molar refractivity (Wildman–Crippen MR) is 96.9 cm³/mol. The molecule has 4 aromatic rings. The van der Waals surface area contributed by atoms with Crippen LogP contribution in [0.1, 0.15) is 5.56 Å². The summed E-state index contributed by atoms with van der Waals surface area (Å²) in [4.78, 5) is 16.8. The number of ether oxygens (including phenoxy) is 1. The zero-order valence-electron chi connectivity index (χ0n) is 13.5. The van der Waals surface area contributed by atoms with Gasteiger partial charge in [-0.25, -0.2) is 4.98 Å². The molecule has 4 rings (SSSR count). The van der Waals surface area contributed by atoms with Crippen molar-refractivity contribution in [3.05, 3.63) is 88.9 Å². The van der Waals surface area contributed by atoms with E-state index in [0.717, 1.165) is 5.56 Å². The molecule has 5 nitrogen and oxygen atoms in total. The average molecular weight is 340 g/mol. The van der Waals surface area contributed by atoms with Crippen molar-refractivity contribution in [2.24, 2.45) is 0 Å². The minimum absolute atomic E-state index is 0.0968. The molecule has 0 saturated heterocycles. The second-order valence-corrected chi connectivity index (χ2v) is 5.60. The summed E-state index contributed by atoms with van der Waals surface area (Å²) >= 11 is 0. The minimum atomic E-state index is -0.0968. The number of nitrogens with zero attached hydrogens (tertiary/aromatic N) is 2. The zero-order valence-corrected chi connectivity index (χ0v) is 13.5. The second kappa shape index (κ2) is 6.54. The number of rotatable bonds is 3. The third kappa shape index (κ3) is 2.92. The van der Waals surface area contributed by atoms with Gasteiger partial charge in [0.2, 0.25) is 5.88 Å². The number of benzene rings is 2. The monoisotopic (exact) mass is 340 g/mol. The van der Waals surface area contributed by atoms with Gasteiger partial charge in [0.15, 0.2) is 5.43 Å². The van der Waals surface area contributed by atoms with Crippen LogP contribution in [0, 0.1) is 11.3 Å². The van der Waals surface area contributed by atoms with E-state index >= 15 is 0 Å². The van der Waals surface area contributed by atoms with Crippen molar-refractivity contribution in [3.63, 3.8) is 0 Å². The Hall–Kier alpha value is -3.91. The maximum Gasteiger partial charge on any atom is 0.219 e. The molecule has 0 unspecified atom stereocenters. The third-order valence-electron chi connectivity index (χ3n) is 3.92. The van der Waals surface area contributed by atoms with Gasteiger partial charge in [0.25, 0.3) is 0 Å². The summed E-state index contributed by atoms with van der Waals surface area (Å²) in [6, 6.07) is 19.6. The number of hydrogen-bond donors (Lipinski definition) is 0. The molecule has 124 valence electrons. The van der Waals surface area contributed by atoms with Crippen LogP contribution in [-0.4, -0.2) is 4.98 Å². The zero-order chi connectivity index (χ0) is 17.9. The molecular weight excluding hydrogens is 328 g/mol. The predicted octanol–water partition coefficient (Wildman–Crippen LogP) is 4.52. The average Bonchev–Trinajstić information content (AvgIpc) is 2.69. The molecular formula is C21H12N2O3. The molecule has 0 atom stereocenters. The molecule has 0 aliphatic rings. The Morgan fingerprint density at radius 2 is 1.88 bits per heavy atom. The lowest BCUT2D eigenvalue weighted by Gasteiger charge is -2.06. The Balaban J connectivity index is 1.70. The quantitative estimate of drug-likeness (QED) is 0.548. The highest BCUT2D eigenvalue weighted by atomic mass is 16.5. The van der Waals surface area contributed by atoms with Crippen LogP contribution in [-0.2, 0) is 0 Å². The van der Waals surface area contributed by atoms with E-state index < -0.39 is 0 Å². The minimum Gasteiger partial charge on any atom is -0.463 e. The summed E-state index contributed by atoms with van der Waals surface area (Å²) in [7, 11) is 0. The lowest BCUT2D eigenvalue weighted by Crippen LogP contribution is -2.04. The largest absolute Gasteiger partial charge is 0.463 e. The van der Waals surface area contributed by atoms with E-state index in [9.17, 15) is 4.79 Å². The molecule has 0 radical (unpaired) electrons. The fourth-order valence-electron chi connectivity index (χ4n) is 2.62. The Morgan fingerprint density at radius 1 is 1.04 bits per heavy atom. The molecule has 0 aliphatic heterocycles. The lowest BCUT2D eigenvalue weighted by atomic mass is 10.1. The molecule has 2 heterocycles. The van der Waals surface area contributed by atoms with E-state index in [1.807, 2.05) is 36.4 Å². The number of fused-ring (bicyclic) bond motifs is 1. The normalized spacial score (nSPS) is 10.4. The van der Waals surface area contributed by atoms with Crippen molar-refractivity contribution in [2.45, 2.75) is 0 Å². The van der Waals surface area contributed by atoms with E-state index in [1.54, 1.807) is 30.3 Å². The SMILES string of the molecule is N#Cc1ccc(Oc2ccc3c(=O)c(-c4ccccc4)coc3c2)nc1. The van der Waals surface area contributed by atoms with Crippen molar-refractivity contribution in [2.75, 3.05) is 0 Å². The topological polar surface area (TPSA) is 76.1 Å². The van der Waals surface area contributed by atoms with Crippen LogP contribution < -0.4 is 10.2 Å². The summed E-state index contributed by atoms with van der Waals surface area (Å²) < 4.78 is 11.3. The van der Waals surface area contributed by atoms with Gasteiger partial charge in [0.1, 0.15) is 23.7 Å². The first-order valence-corrected chi connectivity index (χ1v) is 7.89. The maximum absolute atomic E-state index is 12.7. The van der Waals surface area contributed by atoms with Gasteiger partial charge in [-0.2, -0.15) is 5.26 Å². The van der Waals surface area contributed by atoms with Gasteiger partial charge in [-0.1, -0.05) is 30.3 Å². The van der Waals surface area contributed by atoms with E-state index in [1.165, 1.54) is 12.5 Å². The van der Waals surface area contributed by atoms with Crippen LogP contribution in [0.3, 0.4) is 0 Å². The highest BCUT2D eigenvalue weighted by Gasteiger charge is 2.10. The second-order valence-electron chi connectivity index (χ2n) is 5.60. The molecule has 0 spiro atoms. The van der Waals surface area contributed by atoms with Gasteiger partial charge in [0.05, 0.1) is 16.5 Å². The van der Waals surface area contributed by atoms with Crippen LogP contribution >= 0.6 is 0 Å².